The van der Waals surface area contributed by atoms with Gasteiger partial charge in [0.1, 0.15) is 32.3 Å². The van der Waals surface area contributed by atoms with E-state index in [1.54, 1.807) is 5.43 Å². The Morgan fingerprint density at radius 2 is 0.969 bits per heavy atom. The fourth-order valence-corrected chi connectivity index (χ4v) is 3.99. The van der Waals surface area contributed by atoms with Gasteiger partial charge in [-0.1, -0.05) is 91.0 Å². The van der Waals surface area contributed by atoms with Crippen LogP contribution in [0.4, 0.5) is 9.59 Å². The lowest BCUT2D eigenvalue weighted by atomic mass is 10.2. The third kappa shape index (κ3) is 32.2. The second-order valence-electron chi connectivity index (χ2n) is 11.5. The Morgan fingerprint density at radius 1 is 0.585 bits per heavy atom. The maximum absolute atomic E-state index is 11.0. The topological polar surface area (TPSA) is 415 Å². The number of rotatable bonds is 14. The third-order valence-corrected chi connectivity index (χ3v) is 6.78. The number of urea groups is 2. The number of hydrogen-bond donors (Lipinski definition) is 13. The number of H-pyrrole nitrogens is 6. The van der Waals surface area contributed by atoms with E-state index in [-0.39, 0.29) is 55.3 Å². The molecule has 0 spiro atoms. The zero-order valence-electron chi connectivity index (χ0n) is 34.1. The van der Waals surface area contributed by atoms with Gasteiger partial charge in [0.2, 0.25) is 5.24 Å². The average molecular weight is 973 g/mol. The molecule has 0 aliphatic heterocycles. The number of nitrogens with zero attached hydrogens (tertiary/aromatic N) is 3. The Balaban J connectivity index is 0.000000781. The molecule has 29 heteroatoms. The summed E-state index contributed by atoms with van der Waals surface area (Å²) in [6.45, 7) is 1.16. The third-order valence-electron chi connectivity index (χ3n) is 6.42. The molecule has 3 aromatic heterocycles. The van der Waals surface area contributed by atoms with E-state index in [4.69, 9.17) is 48.3 Å². The van der Waals surface area contributed by atoms with Gasteiger partial charge in [0.25, 0.3) is 5.91 Å². The molecule has 26 nitrogen and oxygen atoms in total. The summed E-state index contributed by atoms with van der Waals surface area (Å²) in [5.41, 5.74) is 16.9. The molecule has 0 radical (unpaired) electrons. The van der Waals surface area contributed by atoms with Crippen LogP contribution >= 0.6 is 35.6 Å². The van der Waals surface area contributed by atoms with Crippen LogP contribution in [0.2, 0.25) is 0 Å². The van der Waals surface area contributed by atoms with Crippen molar-refractivity contribution in [3.05, 3.63) is 157 Å². The summed E-state index contributed by atoms with van der Waals surface area (Å²) in [5, 5.41) is 25.0. The van der Waals surface area contributed by atoms with Gasteiger partial charge in [0.05, 0.1) is 25.7 Å². The van der Waals surface area contributed by atoms with Gasteiger partial charge in [-0.05, 0) is 28.3 Å². The Hall–Kier alpha value is -7.17. The molecule has 354 valence electrons. The molecule has 0 saturated carbocycles. The Morgan fingerprint density at radius 3 is 1.28 bits per heavy atom. The summed E-state index contributed by atoms with van der Waals surface area (Å²) >= 11 is 10.4. The van der Waals surface area contributed by atoms with Gasteiger partial charge < -0.3 is 30.8 Å². The highest BCUT2D eigenvalue weighted by molar-refractivity contribution is 6.63. The number of nitrogens with two attached hydrogens (primary N) is 3. The number of ether oxygens (including phenoxy) is 3. The standard InChI is InChI=1S/C10H13N3O3.C10H11N3O2.C9H9ClO2.C3H4ClN3O.C3H5N3O2.CH5N3O.ClH/c11-10(15)13-12-9(14)7-16-6-8-4-2-1-3-5-8;14-10-11-9(12-13-10)7-15-6-8-4-2-1-3-5-8;10-9(11)7-12-6-8-4-2-1-3-5-8;4-1-2-5-3(8)7-6-2;7-1-2-4-3(8)6-5-2;2-1(5)4-3;/h1-5H,6-7H2,(H,12,14)(H3,11,13,15);1-5H,6-7H2,(H2,11,12,13,14);1-5H,6-7H2;1H2,(H2,5,6,7,8);7H,1H2,(H2,4,5,6,8);3H2,(H3,2,4,5);1H. The lowest BCUT2D eigenvalue weighted by molar-refractivity contribution is -0.126. The van der Waals surface area contributed by atoms with Crippen molar-refractivity contribution in [1.29, 1.82) is 0 Å². The highest BCUT2D eigenvalue weighted by Crippen LogP contribution is 2.03. The maximum Gasteiger partial charge on any atom is 0.340 e. The minimum atomic E-state index is -0.823. The number of hydrazine groups is 2. The molecular formula is C36H48Cl3N15O11. The van der Waals surface area contributed by atoms with Crippen LogP contribution in [-0.4, -0.2) is 87.1 Å². The maximum atomic E-state index is 11.0. The summed E-state index contributed by atoms with van der Waals surface area (Å²) in [7, 11) is 0. The van der Waals surface area contributed by atoms with Crippen molar-refractivity contribution in [2.24, 2.45) is 17.3 Å². The van der Waals surface area contributed by atoms with Crippen molar-refractivity contribution in [2.45, 2.75) is 38.9 Å². The zero-order chi connectivity index (χ0) is 47.4. The van der Waals surface area contributed by atoms with E-state index in [0.29, 0.717) is 38.1 Å². The molecule has 16 N–H and O–H groups in total. The highest BCUT2D eigenvalue weighted by atomic mass is 35.5. The number of aromatic amines is 6. The molecule has 0 aliphatic rings. The number of hydrogen-bond acceptors (Lipinski definition) is 15. The largest absolute Gasteiger partial charge is 0.388 e. The molecule has 0 saturated heterocycles. The number of benzene rings is 3. The van der Waals surface area contributed by atoms with E-state index < -0.39 is 28.9 Å². The monoisotopic (exact) mass is 971 g/mol. The van der Waals surface area contributed by atoms with Crippen molar-refractivity contribution in [1.82, 2.24) is 61.8 Å². The van der Waals surface area contributed by atoms with Crippen LogP contribution in [-0.2, 0) is 62.7 Å². The van der Waals surface area contributed by atoms with Crippen LogP contribution in [0.3, 0.4) is 0 Å². The van der Waals surface area contributed by atoms with Crippen molar-refractivity contribution < 1.29 is 38.5 Å². The van der Waals surface area contributed by atoms with Crippen molar-refractivity contribution in [3.63, 3.8) is 0 Å². The van der Waals surface area contributed by atoms with Gasteiger partial charge >= 0.3 is 29.1 Å². The lowest BCUT2D eigenvalue weighted by Gasteiger charge is -2.05. The normalized spacial score (nSPS) is 9.42. The van der Waals surface area contributed by atoms with Crippen LogP contribution in [0.1, 0.15) is 34.2 Å². The lowest BCUT2D eigenvalue weighted by Crippen LogP contribution is -2.45. The predicted molar refractivity (Wildman–Crippen MR) is 236 cm³/mol. The number of alkyl halides is 1. The summed E-state index contributed by atoms with van der Waals surface area (Å²) in [4.78, 5) is 79.1. The van der Waals surface area contributed by atoms with E-state index >= 15 is 0 Å². The number of nitrogens with one attached hydrogen (secondary N) is 9. The van der Waals surface area contributed by atoms with Gasteiger partial charge in [-0.15, -0.1) is 24.0 Å². The number of amides is 5. The van der Waals surface area contributed by atoms with Crippen LogP contribution < -0.4 is 50.7 Å². The minimum absolute atomic E-state index is 0. The number of aromatic nitrogens is 9. The van der Waals surface area contributed by atoms with E-state index in [2.05, 4.69) is 62.5 Å². The van der Waals surface area contributed by atoms with Crippen molar-refractivity contribution in [2.75, 3.05) is 13.2 Å². The van der Waals surface area contributed by atoms with Crippen LogP contribution in [0.25, 0.3) is 0 Å². The SMILES string of the molecule is Cl.NC(=O)NNC(=O)COCc1ccccc1.NNC(N)=O.O=C(Cl)COCc1ccccc1.O=c1[nH]nc(CCl)[nH]1.O=c1[nH]nc(CO)[nH]1.O=c1[nH]nc(COCc2ccccc2)[nH]1. The molecule has 3 aromatic carbocycles. The average Bonchev–Trinajstić information content (AvgIpc) is 4.05. The van der Waals surface area contributed by atoms with E-state index in [1.807, 2.05) is 96.4 Å². The van der Waals surface area contributed by atoms with E-state index in [0.717, 1.165) is 16.7 Å². The second kappa shape index (κ2) is 36.3. The smallest absolute Gasteiger partial charge is 0.340 e. The van der Waals surface area contributed by atoms with Gasteiger partial charge in [-0.2, -0.15) is 15.3 Å². The molecular weight excluding hydrogens is 925 g/mol. The molecule has 6 aromatic rings. The number of carbonyl (C=O) groups excluding carboxylic acids is 4. The summed E-state index contributed by atoms with van der Waals surface area (Å²) in [5.74, 6) is 5.46. The number of primary amides is 2. The Kier molecular flexibility index (Phi) is 32.3. The Bertz CT molecular complexity index is 2300. The van der Waals surface area contributed by atoms with Crippen molar-refractivity contribution in [3.8, 4) is 0 Å². The molecule has 0 aliphatic carbocycles. The molecule has 0 unspecified atom stereocenters. The predicted octanol–water partition coefficient (Wildman–Crippen LogP) is 0.0634. The molecule has 0 fully saturated rings. The van der Waals surface area contributed by atoms with Gasteiger partial charge in [-0.25, -0.2) is 50.5 Å². The van der Waals surface area contributed by atoms with Crippen LogP contribution in [0.5, 0.6) is 0 Å². The summed E-state index contributed by atoms with van der Waals surface area (Å²) in [6, 6.07) is 27.3. The molecule has 5 amide bonds. The second-order valence-corrected chi connectivity index (χ2v) is 12.2. The fourth-order valence-electron chi connectivity index (χ4n) is 3.79. The first kappa shape index (κ1) is 57.8. The van der Waals surface area contributed by atoms with E-state index in [1.165, 1.54) is 0 Å². The number of halogens is 3. The number of carbonyl (C=O) groups is 4. The quantitative estimate of drug-likeness (QED) is 0.0226. The van der Waals surface area contributed by atoms with Gasteiger partial charge in [-0.3, -0.25) is 35.4 Å². The highest BCUT2D eigenvalue weighted by Gasteiger charge is 2.02. The number of aliphatic hydroxyl groups excluding tert-OH is 1. The zero-order valence-corrected chi connectivity index (χ0v) is 36.4. The van der Waals surface area contributed by atoms with Gasteiger partial charge in [0.15, 0.2) is 11.6 Å². The molecule has 3 heterocycles. The first-order valence-electron chi connectivity index (χ1n) is 18.0. The molecule has 6 rings (SSSR count). The van der Waals surface area contributed by atoms with Crippen LogP contribution in [0, 0.1) is 0 Å². The first-order chi connectivity index (χ1) is 30.7. The first-order valence-corrected chi connectivity index (χ1v) is 18.9. The molecule has 0 atom stereocenters. The minimum Gasteiger partial charge on any atom is -0.388 e. The molecule has 0 bridgehead atoms. The van der Waals surface area contributed by atoms with Crippen LogP contribution in [0.15, 0.2) is 105 Å². The number of aliphatic hydroxyl groups is 1. The molecule has 65 heavy (non-hydrogen) atoms. The van der Waals surface area contributed by atoms with Gasteiger partial charge in [0, 0.05) is 0 Å². The van der Waals surface area contributed by atoms with E-state index in [9.17, 15) is 33.6 Å². The van der Waals surface area contributed by atoms with Crippen molar-refractivity contribution >= 4 is 58.8 Å². The Labute approximate surface area is 384 Å². The summed E-state index contributed by atoms with van der Waals surface area (Å²) < 4.78 is 15.5. The fraction of sp³-hybridized carbons (Fsp3) is 0.222. The summed E-state index contributed by atoms with van der Waals surface area (Å²) in [6.07, 6.45) is 0.